The van der Waals surface area contributed by atoms with Gasteiger partial charge in [0.1, 0.15) is 17.0 Å². The van der Waals surface area contributed by atoms with Crippen LogP contribution < -0.4 is 5.32 Å². The van der Waals surface area contributed by atoms with Crippen molar-refractivity contribution < 1.29 is 23.3 Å². The number of hydrogen-bond acceptors (Lipinski definition) is 6. The number of carbonyl (C=O) groups is 2. The maximum atomic E-state index is 12.3. The molecule has 7 nitrogen and oxygen atoms in total. The molecule has 1 amide bonds. The van der Waals surface area contributed by atoms with Crippen LogP contribution in [-0.2, 0) is 4.74 Å². The summed E-state index contributed by atoms with van der Waals surface area (Å²) < 4.78 is 16.2. The van der Waals surface area contributed by atoms with E-state index in [9.17, 15) is 9.59 Å². The lowest BCUT2D eigenvalue weighted by molar-refractivity contribution is 0.0494. The van der Waals surface area contributed by atoms with Crippen molar-refractivity contribution in [1.82, 2.24) is 5.16 Å². The molecule has 0 saturated heterocycles. The highest BCUT2D eigenvalue weighted by atomic mass is 79.9. The van der Waals surface area contributed by atoms with E-state index in [1.54, 1.807) is 32.0 Å². The van der Waals surface area contributed by atoms with E-state index in [-0.39, 0.29) is 23.7 Å². The van der Waals surface area contributed by atoms with Crippen molar-refractivity contribution >= 4 is 44.5 Å². The Morgan fingerprint density at radius 1 is 1.33 bits per heavy atom. The number of fused-ring (bicyclic) bond motifs is 1. The second-order valence-electron chi connectivity index (χ2n) is 4.94. The molecular formula is C16H13BrN2O5. The summed E-state index contributed by atoms with van der Waals surface area (Å²) in [4.78, 5) is 24.5. The number of benzene rings is 1. The number of aromatic nitrogens is 1. The van der Waals surface area contributed by atoms with Crippen molar-refractivity contribution in [3.8, 4) is 0 Å². The largest absolute Gasteiger partial charge is 0.460 e. The van der Waals surface area contributed by atoms with Gasteiger partial charge in [-0.05, 0) is 32.0 Å². The van der Waals surface area contributed by atoms with Crippen LogP contribution in [0.3, 0.4) is 0 Å². The van der Waals surface area contributed by atoms with Gasteiger partial charge in [0.25, 0.3) is 5.91 Å². The summed E-state index contributed by atoms with van der Waals surface area (Å²) >= 11 is 3.36. The number of nitrogens with one attached hydrogen (secondary N) is 1. The molecule has 0 aliphatic heterocycles. The number of nitrogens with zero attached hydrogens (tertiary/aromatic N) is 1. The second-order valence-corrected chi connectivity index (χ2v) is 5.86. The number of hydrogen-bond donors (Lipinski definition) is 1. The fraction of sp³-hybridized carbons (Fsp3) is 0.188. The van der Waals surface area contributed by atoms with Crippen LogP contribution in [0.2, 0.25) is 0 Å². The van der Waals surface area contributed by atoms with Gasteiger partial charge in [-0.2, -0.15) is 0 Å². The van der Waals surface area contributed by atoms with E-state index in [4.69, 9.17) is 13.7 Å². The Hall–Kier alpha value is -2.61. The third kappa shape index (κ3) is 3.05. The molecule has 124 valence electrons. The minimum Gasteiger partial charge on any atom is -0.460 e. The van der Waals surface area contributed by atoms with Gasteiger partial charge < -0.3 is 19.0 Å². The SMILES string of the molecule is CCOC(=O)c1oc2ccc(Br)cc2c1NC(=O)c1cc(C)on1. The highest BCUT2D eigenvalue weighted by Crippen LogP contribution is 2.33. The molecule has 0 radical (unpaired) electrons. The number of furan rings is 1. The fourth-order valence-electron chi connectivity index (χ4n) is 2.19. The van der Waals surface area contributed by atoms with Crippen LogP contribution in [-0.4, -0.2) is 23.6 Å². The van der Waals surface area contributed by atoms with Gasteiger partial charge in [0.15, 0.2) is 5.69 Å². The minimum atomic E-state index is -0.656. The molecule has 0 saturated carbocycles. The van der Waals surface area contributed by atoms with E-state index in [0.717, 1.165) is 4.47 Å². The zero-order valence-electron chi connectivity index (χ0n) is 12.9. The molecule has 3 aromatic rings. The Morgan fingerprint density at radius 3 is 2.79 bits per heavy atom. The Balaban J connectivity index is 2.06. The predicted octanol–water partition coefficient (Wildman–Crippen LogP) is 3.92. The Kier molecular flexibility index (Phi) is 4.39. The summed E-state index contributed by atoms with van der Waals surface area (Å²) in [5.41, 5.74) is 0.787. The summed E-state index contributed by atoms with van der Waals surface area (Å²) in [7, 11) is 0. The van der Waals surface area contributed by atoms with Gasteiger partial charge in [-0.1, -0.05) is 21.1 Å². The second kappa shape index (κ2) is 6.48. The van der Waals surface area contributed by atoms with Crippen LogP contribution in [0.15, 0.2) is 37.7 Å². The first-order valence-corrected chi connectivity index (χ1v) is 7.92. The summed E-state index contributed by atoms with van der Waals surface area (Å²) in [6.07, 6.45) is 0. The maximum Gasteiger partial charge on any atom is 0.376 e. The molecule has 2 heterocycles. The monoisotopic (exact) mass is 392 g/mol. The summed E-state index contributed by atoms with van der Waals surface area (Å²) in [6.45, 7) is 3.56. The van der Waals surface area contributed by atoms with Crippen molar-refractivity contribution in [2.24, 2.45) is 0 Å². The minimum absolute atomic E-state index is 0.0708. The van der Waals surface area contributed by atoms with E-state index in [1.807, 2.05) is 0 Å². The van der Waals surface area contributed by atoms with Crippen LogP contribution in [0.25, 0.3) is 11.0 Å². The smallest absolute Gasteiger partial charge is 0.376 e. The number of ether oxygens (including phenoxy) is 1. The van der Waals surface area contributed by atoms with E-state index >= 15 is 0 Å². The molecule has 0 atom stereocenters. The molecule has 0 bridgehead atoms. The Bertz CT molecular complexity index is 928. The third-order valence-electron chi connectivity index (χ3n) is 3.21. The number of aryl methyl sites for hydroxylation is 1. The summed E-state index contributed by atoms with van der Waals surface area (Å²) in [6, 6.07) is 6.70. The highest BCUT2D eigenvalue weighted by molar-refractivity contribution is 9.10. The molecule has 0 fully saturated rings. The van der Waals surface area contributed by atoms with Gasteiger partial charge in [-0.15, -0.1) is 0 Å². The molecular weight excluding hydrogens is 380 g/mol. The van der Waals surface area contributed by atoms with Gasteiger partial charge in [-0.25, -0.2) is 4.79 Å². The number of anilines is 1. The number of esters is 1. The zero-order chi connectivity index (χ0) is 17.3. The lowest BCUT2D eigenvalue weighted by atomic mass is 10.2. The van der Waals surface area contributed by atoms with E-state index in [2.05, 4.69) is 26.4 Å². The van der Waals surface area contributed by atoms with Gasteiger partial charge >= 0.3 is 5.97 Å². The van der Waals surface area contributed by atoms with Crippen molar-refractivity contribution in [1.29, 1.82) is 0 Å². The molecule has 8 heteroatoms. The quantitative estimate of drug-likeness (QED) is 0.676. The van der Waals surface area contributed by atoms with Crippen LogP contribution in [0.4, 0.5) is 5.69 Å². The maximum absolute atomic E-state index is 12.3. The third-order valence-corrected chi connectivity index (χ3v) is 3.70. The number of amides is 1. The standard InChI is InChI=1S/C16H13BrN2O5/c1-3-22-16(21)14-13(10-7-9(17)4-5-12(10)23-14)18-15(20)11-6-8(2)24-19-11/h4-7H,3H2,1-2H3,(H,18,20). The average Bonchev–Trinajstić information content (AvgIpc) is 3.12. The van der Waals surface area contributed by atoms with Crippen LogP contribution >= 0.6 is 15.9 Å². The first-order valence-electron chi connectivity index (χ1n) is 7.13. The molecule has 1 aromatic carbocycles. The van der Waals surface area contributed by atoms with Crippen LogP contribution in [0.1, 0.15) is 33.7 Å². The van der Waals surface area contributed by atoms with Gasteiger partial charge in [-0.3, -0.25) is 4.79 Å². The van der Waals surface area contributed by atoms with E-state index in [0.29, 0.717) is 16.7 Å². The van der Waals surface area contributed by atoms with Crippen LogP contribution in [0, 0.1) is 6.92 Å². The van der Waals surface area contributed by atoms with E-state index in [1.165, 1.54) is 6.07 Å². The molecule has 24 heavy (non-hydrogen) atoms. The lowest BCUT2D eigenvalue weighted by Gasteiger charge is -2.04. The lowest BCUT2D eigenvalue weighted by Crippen LogP contribution is -2.15. The van der Waals surface area contributed by atoms with Crippen molar-refractivity contribution in [2.45, 2.75) is 13.8 Å². The summed E-state index contributed by atoms with van der Waals surface area (Å²) in [5.74, 6) is -0.736. The molecule has 0 spiro atoms. The molecule has 0 aliphatic rings. The first-order chi connectivity index (χ1) is 11.5. The molecule has 2 aromatic heterocycles. The van der Waals surface area contributed by atoms with Crippen molar-refractivity contribution in [3.05, 3.63) is 46.0 Å². The molecule has 0 unspecified atom stereocenters. The number of halogens is 1. The van der Waals surface area contributed by atoms with Crippen LogP contribution in [0.5, 0.6) is 0 Å². The Labute approximate surface area is 145 Å². The number of carbonyl (C=O) groups excluding carboxylic acids is 2. The first kappa shape index (κ1) is 16.3. The van der Waals surface area contributed by atoms with Crippen molar-refractivity contribution in [3.63, 3.8) is 0 Å². The zero-order valence-corrected chi connectivity index (χ0v) is 14.5. The van der Waals surface area contributed by atoms with Crippen molar-refractivity contribution in [2.75, 3.05) is 11.9 Å². The van der Waals surface area contributed by atoms with Gasteiger partial charge in [0.2, 0.25) is 5.76 Å². The fourth-order valence-corrected chi connectivity index (χ4v) is 2.55. The van der Waals surface area contributed by atoms with Gasteiger partial charge in [0.05, 0.1) is 6.61 Å². The Morgan fingerprint density at radius 2 is 2.12 bits per heavy atom. The summed E-state index contributed by atoms with van der Waals surface area (Å²) in [5, 5.41) is 6.88. The van der Waals surface area contributed by atoms with Gasteiger partial charge in [0, 0.05) is 15.9 Å². The molecule has 1 N–H and O–H groups in total. The molecule has 3 rings (SSSR count). The van der Waals surface area contributed by atoms with E-state index < -0.39 is 11.9 Å². The highest BCUT2D eigenvalue weighted by Gasteiger charge is 2.24. The normalized spacial score (nSPS) is 10.8. The molecule has 0 aliphatic carbocycles. The topological polar surface area (TPSA) is 94.6 Å². The predicted molar refractivity (Wildman–Crippen MR) is 89.1 cm³/mol. The average molecular weight is 393 g/mol. The number of rotatable bonds is 4.